The molecule has 30 heavy (non-hydrogen) atoms. The van der Waals surface area contributed by atoms with Gasteiger partial charge in [-0.25, -0.2) is 13.5 Å². The average Bonchev–Trinajstić information content (AvgIpc) is 3.16. The van der Waals surface area contributed by atoms with Crippen molar-refractivity contribution in [3.05, 3.63) is 35.9 Å². The largest absolute Gasteiger partial charge is 0.396 e. The number of aromatic nitrogens is 3. The van der Waals surface area contributed by atoms with E-state index in [0.717, 1.165) is 5.69 Å². The number of hydrogen-bond donors (Lipinski definition) is 0. The number of halogens is 3. The highest BCUT2D eigenvalue weighted by atomic mass is 35.5. The van der Waals surface area contributed by atoms with Gasteiger partial charge in [-0.15, -0.1) is 0 Å². The van der Waals surface area contributed by atoms with Gasteiger partial charge in [-0.1, -0.05) is 23.7 Å². The van der Waals surface area contributed by atoms with E-state index < -0.39 is 11.8 Å². The molecule has 2 atom stereocenters. The van der Waals surface area contributed by atoms with Crippen LogP contribution >= 0.6 is 11.6 Å². The lowest BCUT2D eigenvalue weighted by Gasteiger charge is -2.22. The Morgan fingerprint density at radius 1 is 1.57 bits per heavy atom. The molecule has 162 valence electrons. The van der Waals surface area contributed by atoms with E-state index in [9.17, 15) is 13.6 Å². The number of rotatable bonds is 10. The number of carbonyl (C=O) groups is 1. The summed E-state index contributed by atoms with van der Waals surface area (Å²) in [4.78, 5) is 23.5. The summed E-state index contributed by atoms with van der Waals surface area (Å²) < 4.78 is 27.1. The third-order valence-electron chi connectivity index (χ3n) is 4.98. The van der Waals surface area contributed by atoms with Gasteiger partial charge in [-0.3, -0.25) is 9.78 Å². The second-order valence-corrected chi connectivity index (χ2v) is 7.61. The van der Waals surface area contributed by atoms with E-state index in [4.69, 9.17) is 16.4 Å². The molecule has 7 nitrogen and oxygen atoms in total. The molecule has 0 saturated heterocycles. The summed E-state index contributed by atoms with van der Waals surface area (Å²) in [6.07, 6.45) is 7.05. The number of anilines is 1. The van der Waals surface area contributed by atoms with Gasteiger partial charge in [0.1, 0.15) is 12.3 Å². The maximum Gasteiger partial charge on any atom is 0.251 e. The maximum absolute atomic E-state index is 12.9. The second-order valence-electron chi connectivity index (χ2n) is 7.25. The first-order chi connectivity index (χ1) is 14.3. The Morgan fingerprint density at radius 2 is 2.33 bits per heavy atom. The van der Waals surface area contributed by atoms with Gasteiger partial charge in [0, 0.05) is 37.2 Å². The Hall–Kier alpha value is -2.55. The number of pyridine rings is 1. The number of alkyl halides is 2. The van der Waals surface area contributed by atoms with Crippen LogP contribution in [0.25, 0.3) is 5.69 Å². The van der Waals surface area contributed by atoms with Gasteiger partial charge < -0.3 is 9.74 Å². The molecule has 0 aliphatic heterocycles. The van der Waals surface area contributed by atoms with Crippen LogP contribution in [0.2, 0.25) is 5.15 Å². The Kier molecular flexibility index (Phi) is 7.02. The second kappa shape index (κ2) is 9.51. The van der Waals surface area contributed by atoms with Crippen LogP contribution in [0.5, 0.6) is 0 Å². The third kappa shape index (κ3) is 5.33. The molecule has 0 bridgehead atoms. The molecule has 0 spiro atoms. The van der Waals surface area contributed by atoms with Crippen LogP contribution in [0.3, 0.4) is 0 Å². The molecule has 0 N–H and O–H groups in total. The van der Waals surface area contributed by atoms with Crippen LogP contribution in [0.15, 0.2) is 35.9 Å². The van der Waals surface area contributed by atoms with Gasteiger partial charge in [0.2, 0.25) is 5.91 Å². The lowest BCUT2D eigenvalue weighted by atomic mass is 10.1. The van der Waals surface area contributed by atoms with E-state index in [1.54, 1.807) is 41.2 Å². The quantitative estimate of drug-likeness (QED) is 0.313. The van der Waals surface area contributed by atoms with Crippen LogP contribution in [-0.4, -0.2) is 46.0 Å². The first-order valence-corrected chi connectivity index (χ1v) is 10.2. The summed E-state index contributed by atoms with van der Waals surface area (Å²) in [6, 6.07) is 3.62. The van der Waals surface area contributed by atoms with Crippen LogP contribution in [-0.2, 0) is 9.63 Å². The van der Waals surface area contributed by atoms with E-state index in [0.29, 0.717) is 18.7 Å². The van der Waals surface area contributed by atoms with Crippen molar-refractivity contribution >= 4 is 29.4 Å². The maximum atomic E-state index is 12.9. The number of carbonyl (C=O) groups excluding carboxylic acids is 1. The molecular weight excluding hydrogens is 416 g/mol. The van der Waals surface area contributed by atoms with Crippen molar-refractivity contribution < 1.29 is 18.4 Å². The zero-order valence-electron chi connectivity index (χ0n) is 16.8. The summed E-state index contributed by atoms with van der Waals surface area (Å²) >= 11 is 6.28. The average molecular weight is 440 g/mol. The smallest absolute Gasteiger partial charge is 0.251 e. The number of nitrogens with zero attached hydrogens (tertiary/aromatic N) is 5. The summed E-state index contributed by atoms with van der Waals surface area (Å²) in [5.41, 5.74) is 1.24. The zero-order chi connectivity index (χ0) is 21.7. The lowest BCUT2D eigenvalue weighted by molar-refractivity contribution is -0.121. The molecule has 1 aliphatic carbocycles. The van der Waals surface area contributed by atoms with Gasteiger partial charge in [0.25, 0.3) is 5.92 Å². The van der Waals surface area contributed by atoms with Crippen molar-refractivity contribution in [1.82, 2.24) is 14.8 Å². The van der Waals surface area contributed by atoms with Crippen molar-refractivity contribution in [2.75, 3.05) is 18.1 Å². The first kappa shape index (κ1) is 22.1. The molecule has 0 aromatic carbocycles. The van der Waals surface area contributed by atoms with Gasteiger partial charge in [-0.2, -0.15) is 5.10 Å². The molecule has 2 unspecified atom stereocenters. The molecule has 1 saturated carbocycles. The molecule has 0 radical (unpaired) electrons. The highest BCUT2D eigenvalue weighted by Gasteiger charge is 2.56. The van der Waals surface area contributed by atoms with Crippen LogP contribution in [0.4, 0.5) is 14.5 Å². The van der Waals surface area contributed by atoms with E-state index >= 15 is 0 Å². The molecule has 10 heteroatoms. The highest BCUT2D eigenvalue weighted by molar-refractivity contribution is 6.32. The summed E-state index contributed by atoms with van der Waals surface area (Å²) in [6.45, 7) is 4.20. The van der Waals surface area contributed by atoms with Crippen LogP contribution in [0, 0.1) is 11.8 Å². The van der Waals surface area contributed by atoms with Crippen molar-refractivity contribution in [2.45, 2.75) is 39.0 Å². The third-order valence-corrected chi connectivity index (χ3v) is 5.25. The number of oxime groups is 1. The van der Waals surface area contributed by atoms with Crippen molar-refractivity contribution in [3.8, 4) is 5.69 Å². The fourth-order valence-corrected chi connectivity index (χ4v) is 3.27. The molecule has 2 aromatic heterocycles. The van der Waals surface area contributed by atoms with Gasteiger partial charge >= 0.3 is 0 Å². The van der Waals surface area contributed by atoms with Crippen LogP contribution < -0.4 is 4.90 Å². The van der Waals surface area contributed by atoms with Gasteiger partial charge in [-0.05, 0) is 31.9 Å². The minimum atomic E-state index is -2.54. The highest BCUT2D eigenvalue weighted by Crippen LogP contribution is 2.50. The van der Waals surface area contributed by atoms with Gasteiger partial charge in [0.05, 0.1) is 18.1 Å². The first-order valence-electron chi connectivity index (χ1n) is 9.82. The minimum absolute atomic E-state index is 0.0710. The van der Waals surface area contributed by atoms with Gasteiger partial charge in [0.15, 0.2) is 5.15 Å². The van der Waals surface area contributed by atoms with E-state index in [2.05, 4.69) is 15.2 Å². The van der Waals surface area contributed by atoms with Crippen LogP contribution in [0.1, 0.15) is 33.1 Å². The fourth-order valence-electron chi connectivity index (χ4n) is 3.04. The van der Waals surface area contributed by atoms with Crippen molar-refractivity contribution in [3.63, 3.8) is 0 Å². The van der Waals surface area contributed by atoms with Crippen molar-refractivity contribution in [2.24, 2.45) is 17.0 Å². The Balaban J connectivity index is 1.53. The Labute approximate surface area is 178 Å². The molecule has 2 aromatic rings. The molecule has 2 heterocycles. The molecule has 1 amide bonds. The topological polar surface area (TPSA) is 72.6 Å². The molecular formula is C20H24ClF2N5O2. The Bertz CT molecular complexity index is 891. The monoisotopic (exact) mass is 439 g/mol. The normalized spacial score (nSPS) is 18.4. The summed E-state index contributed by atoms with van der Waals surface area (Å²) in [5, 5.41) is 8.25. The van der Waals surface area contributed by atoms with E-state index in [1.165, 1.54) is 6.21 Å². The predicted octanol–water partition coefficient (Wildman–Crippen LogP) is 4.35. The minimum Gasteiger partial charge on any atom is -0.396 e. The fraction of sp³-hybridized carbons (Fsp3) is 0.500. The molecule has 1 aliphatic rings. The standard InChI is InChI=1S/C20H24ClF2N5O2/c1-3-27(17-13-28(26-18(17)21)16-5-4-8-24-12-16)19(29)14(2)6-9-25-30-10-7-15-11-20(15,22)23/h4-5,8-9,12-15H,3,6-7,10-11H2,1-2H3/b25-9+. The number of amides is 1. The molecule has 1 fully saturated rings. The van der Waals surface area contributed by atoms with Crippen molar-refractivity contribution in [1.29, 1.82) is 0 Å². The number of hydrogen-bond acceptors (Lipinski definition) is 5. The van der Waals surface area contributed by atoms with E-state index in [1.807, 2.05) is 13.0 Å². The summed E-state index contributed by atoms with van der Waals surface area (Å²) in [5.74, 6) is -3.63. The molecule has 3 rings (SSSR count). The summed E-state index contributed by atoms with van der Waals surface area (Å²) in [7, 11) is 0. The van der Waals surface area contributed by atoms with E-state index in [-0.39, 0.29) is 36.4 Å². The Morgan fingerprint density at radius 3 is 2.97 bits per heavy atom. The zero-order valence-corrected chi connectivity index (χ0v) is 17.6. The lowest BCUT2D eigenvalue weighted by Crippen LogP contribution is -2.35. The SMILES string of the molecule is CCN(C(=O)C(C)C/C=N/OCCC1CC1(F)F)c1cn(-c2cccnc2)nc1Cl. The predicted molar refractivity (Wildman–Crippen MR) is 110 cm³/mol.